The van der Waals surface area contributed by atoms with Gasteiger partial charge in [-0.1, -0.05) is 6.92 Å². The van der Waals surface area contributed by atoms with Crippen LogP contribution in [-0.4, -0.2) is 60.9 Å². The van der Waals surface area contributed by atoms with Gasteiger partial charge < -0.3 is 19.9 Å². The van der Waals surface area contributed by atoms with Crippen LogP contribution in [0.25, 0.3) is 0 Å². The van der Waals surface area contributed by atoms with E-state index in [-0.39, 0.29) is 30.9 Å². The van der Waals surface area contributed by atoms with Crippen LogP contribution in [0.2, 0.25) is 0 Å². The molecule has 0 radical (unpaired) electrons. The Balaban J connectivity index is 1.79. The van der Waals surface area contributed by atoms with Gasteiger partial charge in [-0.3, -0.25) is 14.4 Å². The van der Waals surface area contributed by atoms with Gasteiger partial charge in [-0.05, 0) is 18.4 Å². The number of ether oxygens (including phenoxy) is 1. The number of nitrogens with one attached hydrogen (secondary N) is 1. The number of carbonyl (C=O) groups is 3. The highest BCUT2D eigenvalue weighted by molar-refractivity contribution is 7.17. The zero-order valence-electron chi connectivity index (χ0n) is 13.9. The zero-order chi connectivity index (χ0) is 17.3. The average Bonchev–Trinajstić information content (AvgIpc) is 2.85. The molecule has 0 unspecified atom stereocenters. The molecule has 0 aromatic carbocycles. The number of likely N-dealkylation sites (N-methyl/N-ethyl adjacent to an activating group) is 1. The normalized spacial score (nSPS) is 17.2. The smallest absolute Gasteiger partial charge is 0.257 e. The molecule has 7 nitrogen and oxygen atoms in total. The van der Waals surface area contributed by atoms with Crippen molar-refractivity contribution in [2.75, 3.05) is 38.7 Å². The maximum absolute atomic E-state index is 12.5. The van der Waals surface area contributed by atoms with Crippen LogP contribution in [-0.2, 0) is 27.3 Å². The van der Waals surface area contributed by atoms with Crippen molar-refractivity contribution in [3.63, 3.8) is 0 Å². The fraction of sp³-hybridized carbons (Fsp3) is 0.562. The second-order valence-electron chi connectivity index (χ2n) is 6.04. The number of hydrogen-bond donors (Lipinski definition) is 1. The first-order chi connectivity index (χ1) is 11.5. The van der Waals surface area contributed by atoms with E-state index >= 15 is 0 Å². The lowest BCUT2D eigenvalue weighted by Gasteiger charge is -2.27. The minimum atomic E-state index is -0.191. The van der Waals surface area contributed by atoms with Gasteiger partial charge in [0, 0.05) is 25.1 Å². The van der Waals surface area contributed by atoms with Crippen LogP contribution in [0.3, 0.4) is 0 Å². The summed E-state index contributed by atoms with van der Waals surface area (Å²) in [6.45, 7) is 3.76. The largest absolute Gasteiger partial charge is 0.372 e. The predicted octanol–water partition coefficient (Wildman–Crippen LogP) is 1.08. The van der Waals surface area contributed by atoms with Crippen LogP contribution in [0.15, 0.2) is 0 Å². The van der Waals surface area contributed by atoms with Crippen LogP contribution in [0.5, 0.6) is 0 Å². The number of anilines is 1. The summed E-state index contributed by atoms with van der Waals surface area (Å²) in [4.78, 5) is 40.8. The Labute approximate surface area is 144 Å². The quantitative estimate of drug-likeness (QED) is 0.824. The summed E-state index contributed by atoms with van der Waals surface area (Å²) in [5.74, 6) is -0.360. The molecular formula is C16H21N3O4S. The van der Waals surface area contributed by atoms with Crippen LogP contribution in [0.1, 0.15) is 34.1 Å². The maximum Gasteiger partial charge on any atom is 0.257 e. The Bertz CT molecular complexity index is 685. The molecule has 0 atom stereocenters. The summed E-state index contributed by atoms with van der Waals surface area (Å²) < 4.78 is 5.32. The highest BCUT2D eigenvalue weighted by atomic mass is 32.1. The lowest BCUT2D eigenvalue weighted by atomic mass is 10.0. The number of hydrogen-bond acceptors (Lipinski definition) is 5. The molecule has 1 aromatic rings. The molecule has 8 heteroatoms. The van der Waals surface area contributed by atoms with Gasteiger partial charge >= 0.3 is 0 Å². The Hall–Kier alpha value is -1.93. The molecule has 130 valence electrons. The van der Waals surface area contributed by atoms with Gasteiger partial charge in [0.25, 0.3) is 5.91 Å². The van der Waals surface area contributed by atoms with E-state index in [1.165, 1.54) is 16.2 Å². The Kier molecular flexibility index (Phi) is 4.86. The van der Waals surface area contributed by atoms with Gasteiger partial charge in [0.05, 0.1) is 18.7 Å². The molecule has 0 saturated heterocycles. The molecule has 24 heavy (non-hydrogen) atoms. The van der Waals surface area contributed by atoms with E-state index in [1.54, 1.807) is 11.9 Å². The first kappa shape index (κ1) is 16.9. The van der Waals surface area contributed by atoms with Gasteiger partial charge in [0.15, 0.2) is 0 Å². The third-order valence-corrected chi connectivity index (χ3v) is 5.31. The van der Waals surface area contributed by atoms with E-state index in [2.05, 4.69) is 5.32 Å². The van der Waals surface area contributed by atoms with E-state index in [0.29, 0.717) is 36.7 Å². The number of nitrogens with zero attached hydrogens (tertiary/aromatic N) is 2. The van der Waals surface area contributed by atoms with Crippen molar-refractivity contribution < 1.29 is 19.1 Å². The van der Waals surface area contributed by atoms with Gasteiger partial charge in [0.2, 0.25) is 11.8 Å². The summed E-state index contributed by atoms with van der Waals surface area (Å²) in [5.41, 5.74) is 1.56. The van der Waals surface area contributed by atoms with Crippen molar-refractivity contribution in [3.8, 4) is 0 Å². The molecule has 0 saturated carbocycles. The molecule has 2 aliphatic rings. The van der Waals surface area contributed by atoms with E-state index in [0.717, 1.165) is 16.9 Å². The zero-order valence-corrected chi connectivity index (χ0v) is 14.7. The molecule has 0 aliphatic carbocycles. The Morgan fingerprint density at radius 1 is 1.33 bits per heavy atom. The SMILES string of the molecule is CCCOCC(=O)N1CCc2c(sc3c2C(=O)N(C)CC(=O)N3)C1. The summed E-state index contributed by atoms with van der Waals surface area (Å²) in [5, 5.41) is 3.42. The van der Waals surface area contributed by atoms with E-state index in [4.69, 9.17) is 4.74 Å². The lowest BCUT2D eigenvalue weighted by Crippen LogP contribution is -2.38. The number of carbonyl (C=O) groups excluding carboxylic acids is 3. The van der Waals surface area contributed by atoms with Crippen molar-refractivity contribution in [3.05, 3.63) is 16.0 Å². The fourth-order valence-corrected chi connectivity index (χ4v) is 4.24. The number of amides is 3. The van der Waals surface area contributed by atoms with E-state index in [9.17, 15) is 14.4 Å². The molecule has 3 amide bonds. The first-order valence-electron chi connectivity index (χ1n) is 8.06. The maximum atomic E-state index is 12.5. The molecule has 0 spiro atoms. The number of rotatable bonds is 4. The minimum absolute atomic E-state index is 0.0369. The third-order valence-electron chi connectivity index (χ3n) is 4.18. The van der Waals surface area contributed by atoms with Crippen LogP contribution in [0, 0.1) is 0 Å². The lowest BCUT2D eigenvalue weighted by molar-refractivity contribution is -0.137. The Morgan fingerprint density at radius 2 is 2.12 bits per heavy atom. The van der Waals surface area contributed by atoms with Gasteiger partial charge in [-0.2, -0.15) is 0 Å². The second kappa shape index (κ2) is 6.90. The predicted molar refractivity (Wildman–Crippen MR) is 90.1 cm³/mol. The molecule has 1 aromatic heterocycles. The molecule has 0 fully saturated rings. The molecule has 3 heterocycles. The van der Waals surface area contributed by atoms with Crippen molar-refractivity contribution >= 4 is 34.1 Å². The highest BCUT2D eigenvalue weighted by Gasteiger charge is 2.33. The summed E-state index contributed by atoms with van der Waals surface area (Å²) >= 11 is 1.40. The Morgan fingerprint density at radius 3 is 2.88 bits per heavy atom. The minimum Gasteiger partial charge on any atom is -0.372 e. The van der Waals surface area contributed by atoms with Crippen LogP contribution >= 0.6 is 11.3 Å². The molecule has 1 N–H and O–H groups in total. The first-order valence-corrected chi connectivity index (χ1v) is 8.88. The monoisotopic (exact) mass is 351 g/mol. The van der Waals surface area contributed by atoms with Gasteiger partial charge in [-0.25, -0.2) is 0 Å². The van der Waals surface area contributed by atoms with Crippen molar-refractivity contribution in [2.24, 2.45) is 0 Å². The number of fused-ring (bicyclic) bond motifs is 3. The topological polar surface area (TPSA) is 79.0 Å². The van der Waals surface area contributed by atoms with Crippen molar-refractivity contribution in [1.82, 2.24) is 9.80 Å². The molecular weight excluding hydrogens is 330 g/mol. The van der Waals surface area contributed by atoms with Crippen LogP contribution < -0.4 is 5.32 Å². The molecule has 2 aliphatic heterocycles. The second-order valence-corrected chi connectivity index (χ2v) is 7.14. The number of thiophene rings is 1. The molecule has 0 bridgehead atoms. The summed E-state index contributed by atoms with van der Waals surface area (Å²) in [6.07, 6.45) is 1.50. The summed E-state index contributed by atoms with van der Waals surface area (Å²) in [6, 6.07) is 0. The van der Waals surface area contributed by atoms with Gasteiger partial charge in [-0.15, -0.1) is 11.3 Å². The highest BCUT2D eigenvalue weighted by Crippen LogP contribution is 2.38. The van der Waals surface area contributed by atoms with E-state index in [1.807, 2.05) is 6.92 Å². The van der Waals surface area contributed by atoms with Gasteiger partial charge in [0.1, 0.15) is 11.6 Å². The fourth-order valence-electron chi connectivity index (χ4n) is 2.97. The summed E-state index contributed by atoms with van der Waals surface area (Å²) in [7, 11) is 1.63. The van der Waals surface area contributed by atoms with Crippen LogP contribution in [0.4, 0.5) is 5.00 Å². The average molecular weight is 351 g/mol. The third kappa shape index (κ3) is 3.16. The molecule has 3 rings (SSSR count). The van der Waals surface area contributed by atoms with Crippen molar-refractivity contribution in [1.29, 1.82) is 0 Å². The van der Waals surface area contributed by atoms with E-state index < -0.39 is 0 Å². The van der Waals surface area contributed by atoms with Crippen molar-refractivity contribution in [2.45, 2.75) is 26.3 Å². The standard InChI is InChI=1S/C16H21N3O4S/c1-3-6-23-9-13(21)19-5-4-10-11(7-19)24-15-14(10)16(22)18(2)8-12(20)17-15/h3-9H2,1-2H3,(H,17,20).